The van der Waals surface area contributed by atoms with Gasteiger partial charge in [0.2, 0.25) is 0 Å². The molecular weight excluding hydrogens is 184 g/mol. The maximum absolute atomic E-state index is 10.8. The van der Waals surface area contributed by atoms with E-state index in [1.165, 1.54) is 0 Å². The molecule has 0 aromatic rings. The molecule has 0 spiro atoms. The van der Waals surface area contributed by atoms with E-state index in [2.05, 4.69) is 26.6 Å². The van der Waals surface area contributed by atoms with Gasteiger partial charge in [0.1, 0.15) is 0 Å². The highest BCUT2D eigenvalue weighted by Crippen LogP contribution is 2.13. The molecule has 0 aliphatic heterocycles. The summed E-state index contributed by atoms with van der Waals surface area (Å²) >= 11 is 0. The number of carbonyl (C=O) groups is 1. The van der Waals surface area contributed by atoms with Gasteiger partial charge in [0.05, 0.1) is 0 Å². The van der Waals surface area contributed by atoms with E-state index in [0.717, 1.165) is 12.1 Å². The molecule has 0 N–H and O–H groups in total. The first-order valence-electron chi connectivity index (χ1n) is 4.42. The normalized spacial score (nSPS) is 13.5. The second-order valence-electron chi connectivity index (χ2n) is 3.44. The summed E-state index contributed by atoms with van der Waals surface area (Å²) in [5.74, 6) is -0.437. The van der Waals surface area contributed by atoms with Crippen LogP contribution in [0.2, 0.25) is 19.1 Å². The highest BCUT2D eigenvalue weighted by Gasteiger charge is 2.23. The van der Waals surface area contributed by atoms with Gasteiger partial charge in [-0.15, -0.1) is 0 Å². The van der Waals surface area contributed by atoms with Gasteiger partial charge in [-0.2, -0.15) is 0 Å². The summed E-state index contributed by atoms with van der Waals surface area (Å²) in [7, 11) is -1.63. The average molecular weight is 202 g/mol. The molecule has 13 heavy (non-hydrogen) atoms. The van der Waals surface area contributed by atoms with Crippen LogP contribution in [0.15, 0.2) is 12.7 Å². The molecule has 0 aromatic carbocycles. The number of carbonyl (C=O) groups excluding carboxylic acids is 1. The minimum Gasteiger partial charge on any atom is -0.434 e. The van der Waals surface area contributed by atoms with Crippen LogP contribution < -0.4 is 0 Å². The minimum atomic E-state index is -1.63. The zero-order valence-corrected chi connectivity index (χ0v) is 9.79. The van der Waals surface area contributed by atoms with E-state index in [-0.39, 0.29) is 0 Å². The first-order chi connectivity index (χ1) is 5.91. The zero-order valence-electron chi connectivity index (χ0n) is 8.79. The van der Waals surface area contributed by atoms with E-state index < -0.39 is 20.6 Å². The van der Waals surface area contributed by atoms with Crippen LogP contribution in [0.3, 0.4) is 0 Å². The molecule has 0 bridgehead atoms. The van der Waals surface area contributed by atoms with E-state index in [1.54, 1.807) is 6.92 Å². The van der Waals surface area contributed by atoms with Crippen molar-refractivity contribution >= 4 is 14.3 Å². The molecule has 76 valence electrons. The zero-order chi connectivity index (χ0) is 10.5. The molecule has 4 heteroatoms. The van der Waals surface area contributed by atoms with Crippen molar-refractivity contribution in [3.8, 4) is 0 Å². The quantitative estimate of drug-likeness (QED) is 0.297. The predicted octanol–water partition coefficient (Wildman–Crippen LogP) is 2.30. The number of hydrogen-bond acceptors (Lipinski definition) is 3. The molecule has 0 aromatic heterocycles. The summed E-state index contributed by atoms with van der Waals surface area (Å²) in [6.07, 6.45) is 0.674. The fraction of sp³-hybridized carbons (Fsp3) is 0.667. The lowest BCUT2D eigenvalue weighted by atomic mass is 10.6. The smallest absolute Gasteiger partial charge is 0.332 e. The van der Waals surface area contributed by atoms with Crippen molar-refractivity contribution in [3.05, 3.63) is 12.7 Å². The van der Waals surface area contributed by atoms with Crippen molar-refractivity contribution in [2.24, 2.45) is 0 Å². The van der Waals surface area contributed by atoms with Crippen LogP contribution in [-0.2, 0) is 14.0 Å². The Morgan fingerprint density at radius 3 is 2.54 bits per heavy atom. The fourth-order valence-corrected chi connectivity index (χ4v) is 1.88. The lowest BCUT2D eigenvalue weighted by molar-refractivity contribution is -0.155. The molecule has 0 saturated carbocycles. The van der Waals surface area contributed by atoms with Gasteiger partial charge < -0.3 is 9.16 Å². The van der Waals surface area contributed by atoms with Gasteiger partial charge in [-0.05, 0) is 26.1 Å². The average Bonchev–Trinajstić information content (AvgIpc) is 2.03. The molecule has 0 rings (SSSR count). The standard InChI is InChI=1S/C9H18O3Si/c1-6-9(10)11-8(3)12-13(4,5)7-2/h6,8H,1,7H2,2-5H3. The Morgan fingerprint density at radius 1 is 1.62 bits per heavy atom. The summed E-state index contributed by atoms with van der Waals surface area (Å²) in [4.78, 5) is 10.8. The van der Waals surface area contributed by atoms with Gasteiger partial charge >= 0.3 is 5.97 Å². The molecule has 0 saturated heterocycles. The SMILES string of the molecule is C=CC(=O)OC(C)O[Si](C)(C)CC. The summed E-state index contributed by atoms with van der Waals surface area (Å²) in [6, 6.07) is 1.00. The van der Waals surface area contributed by atoms with Crippen LogP contribution in [-0.4, -0.2) is 20.6 Å². The molecule has 1 atom stereocenters. The Labute approximate surface area is 80.9 Å². The predicted molar refractivity (Wildman–Crippen MR) is 54.8 cm³/mol. The maximum Gasteiger partial charge on any atom is 0.332 e. The van der Waals surface area contributed by atoms with Gasteiger partial charge in [-0.3, -0.25) is 0 Å². The third-order valence-corrected chi connectivity index (χ3v) is 4.46. The third-order valence-electron chi connectivity index (χ3n) is 1.79. The van der Waals surface area contributed by atoms with Crippen molar-refractivity contribution in [3.63, 3.8) is 0 Å². The van der Waals surface area contributed by atoms with E-state index in [1.807, 2.05) is 0 Å². The fourth-order valence-electron chi connectivity index (χ4n) is 0.768. The van der Waals surface area contributed by atoms with Crippen molar-refractivity contribution in [2.45, 2.75) is 39.3 Å². The molecule has 0 aliphatic carbocycles. The van der Waals surface area contributed by atoms with E-state index in [4.69, 9.17) is 9.16 Å². The Hall–Kier alpha value is -0.613. The second-order valence-corrected chi connectivity index (χ2v) is 7.90. The largest absolute Gasteiger partial charge is 0.434 e. The van der Waals surface area contributed by atoms with Crippen molar-refractivity contribution in [2.75, 3.05) is 0 Å². The lowest BCUT2D eigenvalue weighted by Gasteiger charge is -2.25. The van der Waals surface area contributed by atoms with Crippen LogP contribution in [0.4, 0.5) is 0 Å². The number of ether oxygens (including phenoxy) is 1. The molecular formula is C9H18O3Si. The molecule has 0 aliphatic rings. The summed E-state index contributed by atoms with van der Waals surface area (Å²) in [5, 5.41) is 0. The van der Waals surface area contributed by atoms with Gasteiger partial charge in [0.25, 0.3) is 0 Å². The van der Waals surface area contributed by atoms with E-state index in [9.17, 15) is 4.79 Å². The summed E-state index contributed by atoms with van der Waals surface area (Å²) < 4.78 is 10.5. The highest BCUT2D eigenvalue weighted by molar-refractivity contribution is 6.71. The minimum absolute atomic E-state index is 0.437. The van der Waals surface area contributed by atoms with Crippen molar-refractivity contribution in [1.82, 2.24) is 0 Å². The first kappa shape index (κ1) is 12.4. The monoisotopic (exact) mass is 202 g/mol. The molecule has 3 nitrogen and oxygen atoms in total. The Morgan fingerprint density at radius 2 is 2.15 bits per heavy atom. The maximum atomic E-state index is 10.8. The molecule has 1 unspecified atom stereocenters. The van der Waals surface area contributed by atoms with E-state index >= 15 is 0 Å². The number of esters is 1. The summed E-state index contributed by atoms with van der Waals surface area (Å²) in [5.41, 5.74) is 0. The van der Waals surface area contributed by atoms with Gasteiger partial charge in [0, 0.05) is 6.08 Å². The van der Waals surface area contributed by atoms with Crippen LogP contribution in [0.5, 0.6) is 0 Å². The van der Waals surface area contributed by atoms with Crippen LogP contribution in [0, 0.1) is 0 Å². The van der Waals surface area contributed by atoms with Crippen LogP contribution in [0.1, 0.15) is 13.8 Å². The van der Waals surface area contributed by atoms with Crippen molar-refractivity contribution in [1.29, 1.82) is 0 Å². The molecule has 0 radical (unpaired) electrons. The molecule has 0 heterocycles. The topological polar surface area (TPSA) is 35.5 Å². The molecule has 0 amide bonds. The van der Waals surface area contributed by atoms with Crippen LogP contribution in [0.25, 0.3) is 0 Å². The van der Waals surface area contributed by atoms with Crippen LogP contribution >= 0.6 is 0 Å². The number of rotatable bonds is 5. The van der Waals surface area contributed by atoms with Gasteiger partial charge in [-0.25, -0.2) is 4.79 Å². The second kappa shape index (κ2) is 5.19. The summed E-state index contributed by atoms with van der Waals surface area (Å²) in [6.45, 7) is 11.3. The Balaban J connectivity index is 3.93. The molecule has 0 fully saturated rings. The van der Waals surface area contributed by atoms with Gasteiger partial charge in [0.15, 0.2) is 14.6 Å². The third kappa shape index (κ3) is 5.60. The van der Waals surface area contributed by atoms with Gasteiger partial charge in [-0.1, -0.05) is 13.5 Å². The lowest BCUT2D eigenvalue weighted by Crippen LogP contribution is -2.35. The number of hydrogen-bond donors (Lipinski definition) is 0. The van der Waals surface area contributed by atoms with E-state index in [0.29, 0.717) is 0 Å². The first-order valence-corrected chi connectivity index (χ1v) is 7.53. The Bertz CT molecular complexity index is 189. The van der Waals surface area contributed by atoms with Crippen molar-refractivity contribution < 1.29 is 14.0 Å². The Kier molecular flexibility index (Phi) is 4.94. The highest BCUT2D eigenvalue weighted by atomic mass is 28.4.